The van der Waals surface area contributed by atoms with E-state index in [4.69, 9.17) is 21.3 Å². The quantitative estimate of drug-likeness (QED) is 0.395. The molecular weight excluding hydrogens is 610 g/mol. The molecule has 0 amide bonds. The molecule has 0 aromatic carbocycles. The molecule has 1 aromatic rings. The average molecular weight is 657 g/mol. The molecule has 246 valence electrons. The SMILES string of the molecule is Cc1nc2c(c(=O)n1CCOC1CCC(Cl)CC1C1CC(C)NC3C(C(=O)O)CSC13)C[C@@H](N(C)C1CCC(F)(F)C1)CC2. The largest absolute Gasteiger partial charge is 0.481 e. The van der Waals surface area contributed by atoms with E-state index in [2.05, 4.69) is 17.1 Å². The molecule has 5 aliphatic rings. The maximum absolute atomic E-state index is 13.9. The van der Waals surface area contributed by atoms with Gasteiger partial charge in [0.2, 0.25) is 5.92 Å². The number of nitrogens with zero attached hydrogens (tertiary/aromatic N) is 3. The lowest BCUT2D eigenvalue weighted by Crippen LogP contribution is -2.57. The number of likely N-dealkylation sites (N-methyl/N-ethyl adjacent to an activating group) is 1. The molecule has 6 rings (SSSR count). The van der Waals surface area contributed by atoms with E-state index in [1.165, 1.54) is 0 Å². The zero-order valence-electron chi connectivity index (χ0n) is 26.0. The number of hydrogen-bond donors (Lipinski definition) is 2. The second-order valence-electron chi connectivity index (χ2n) is 14.1. The van der Waals surface area contributed by atoms with E-state index < -0.39 is 11.9 Å². The molecular formula is C32H47ClF2N4O4S. The summed E-state index contributed by atoms with van der Waals surface area (Å²) in [4.78, 5) is 32.6. The molecule has 0 bridgehead atoms. The van der Waals surface area contributed by atoms with Crippen LogP contribution in [0.4, 0.5) is 8.78 Å². The number of halogens is 3. The number of thioether (sulfide) groups is 1. The highest BCUT2D eigenvalue weighted by molar-refractivity contribution is 8.00. The van der Waals surface area contributed by atoms with Crippen LogP contribution in [0.3, 0.4) is 0 Å². The molecule has 1 aromatic heterocycles. The lowest BCUT2D eigenvalue weighted by Gasteiger charge is -2.47. The van der Waals surface area contributed by atoms with E-state index in [0.29, 0.717) is 55.5 Å². The third-order valence-corrected chi connectivity index (χ3v) is 13.3. The molecule has 3 heterocycles. The minimum Gasteiger partial charge on any atom is -0.481 e. The summed E-state index contributed by atoms with van der Waals surface area (Å²) in [6.45, 7) is 4.80. The van der Waals surface area contributed by atoms with E-state index in [1.807, 2.05) is 14.0 Å². The van der Waals surface area contributed by atoms with Crippen LogP contribution in [0.15, 0.2) is 4.79 Å². The Hall–Kier alpha value is -1.27. The van der Waals surface area contributed by atoms with Crippen molar-refractivity contribution in [3.63, 3.8) is 0 Å². The summed E-state index contributed by atoms with van der Waals surface area (Å²) in [5.74, 6) is -1.84. The molecule has 0 radical (unpaired) electrons. The summed E-state index contributed by atoms with van der Waals surface area (Å²) in [7, 11) is 1.93. The number of aromatic nitrogens is 2. The first kappa shape index (κ1) is 32.7. The smallest absolute Gasteiger partial charge is 0.308 e. The number of alkyl halides is 3. The Bertz CT molecular complexity index is 1290. The van der Waals surface area contributed by atoms with Gasteiger partial charge in [0, 0.05) is 59.0 Å². The number of nitrogens with one attached hydrogen (secondary N) is 1. The fourth-order valence-electron chi connectivity index (χ4n) is 8.90. The molecule has 2 saturated carbocycles. The first-order valence-electron chi connectivity index (χ1n) is 16.5. The Balaban J connectivity index is 1.13. The van der Waals surface area contributed by atoms with Gasteiger partial charge in [0.05, 0.1) is 30.9 Å². The topological polar surface area (TPSA) is 96.7 Å². The highest BCUT2D eigenvalue weighted by Gasteiger charge is 2.52. The van der Waals surface area contributed by atoms with Crippen molar-refractivity contribution >= 4 is 29.3 Å². The minimum atomic E-state index is -2.59. The Kier molecular flexibility index (Phi) is 9.72. The molecule has 9 unspecified atom stereocenters. The van der Waals surface area contributed by atoms with Crippen molar-refractivity contribution in [3.05, 3.63) is 27.4 Å². The van der Waals surface area contributed by atoms with Gasteiger partial charge in [-0.15, -0.1) is 11.6 Å². The van der Waals surface area contributed by atoms with Crippen molar-refractivity contribution in [1.82, 2.24) is 19.8 Å². The zero-order chi connectivity index (χ0) is 31.3. The monoisotopic (exact) mass is 656 g/mol. The number of carbonyl (C=O) groups is 1. The number of aliphatic carboxylic acids is 1. The second kappa shape index (κ2) is 13.1. The van der Waals surface area contributed by atoms with Gasteiger partial charge in [0.15, 0.2) is 0 Å². The van der Waals surface area contributed by atoms with Crippen molar-refractivity contribution in [2.24, 2.45) is 17.8 Å². The fraction of sp³-hybridized carbons (Fsp3) is 0.844. The summed E-state index contributed by atoms with van der Waals surface area (Å²) < 4.78 is 36.1. The van der Waals surface area contributed by atoms with Crippen LogP contribution in [0, 0.1) is 24.7 Å². The first-order chi connectivity index (χ1) is 20.9. The molecule has 44 heavy (non-hydrogen) atoms. The lowest BCUT2D eigenvalue weighted by molar-refractivity contribution is -0.142. The molecule has 0 spiro atoms. The molecule has 8 nitrogen and oxygen atoms in total. The zero-order valence-corrected chi connectivity index (χ0v) is 27.6. The van der Waals surface area contributed by atoms with Crippen molar-refractivity contribution in [3.8, 4) is 0 Å². The normalized spacial score (nSPS) is 38.4. The van der Waals surface area contributed by atoms with Gasteiger partial charge in [-0.25, -0.2) is 13.8 Å². The van der Waals surface area contributed by atoms with Gasteiger partial charge >= 0.3 is 5.97 Å². The molecule has 2 saturated heterocycles. The number of fused-ring (bicyclic) bond motifs is 2. The Labute approximate surface area is 268 Å². The maximum atomic E-state index is 13.9. The number of carboxylic acids is 1. The highest BCUT2D eigenvalue weighted by Crippen LogP contribution is 2.48. The Morgan fingerprint density at radius 3 is 2.75 bits per heavy atom. The van der Waals surface area contributed by atoms with Gasteiger partial charge in [0.1, 0.15) is 5.82 Å². The van der Waals surface area contributed by atoms with Crippen LogP contribution in [-0.2, 0) is 28.9 Å². The van der Waals surface area contributed by atoms with Crippen LogP contribution >= 0.6 is 23.4 Å². The second-order valence-corrected chi connectivity index (χ2v) is 15.9. The van der Waals surface area contributed by atoms with Gasteiger partial charge in [-0.3, -0.25) is 19.1 Å². The third kappa shape index (κ3) is 6.60. The molecule has 10 atom stereocenters. The van der Waals surface area contributed by atoms with Crippen LogP contribution < -0.4 is 10.9 Å². The first-order valence-corrected chi connectivity index (χ1v) is 18.0. The molecule has 3 aliphatic carbocycles. The van der Waals surface area contributed by atoms with Crippen LogP contribution in [0.2, 0.25) is 0 Å². The summed E-state index contributed by atoms with van der Waals surface area (Å²) in [5, 5.41) is 13.7. The number of ether oxygens (including phenoxy) is 1. The van der Waals surface area contributed by atoms with Crippen LogP contribution in [-0.4, -0.2) is 91.8 Å². The summed E-state index contributed by atoms with van der Waals surface area (Å²) in [6.07, 6.45) is 5.92. The van der Waals surface area contributed by atoms with Crippen molar-refractivity contribution in [2.75, 3.05) is 19.4 Å². The number of rotatable bonds is 8. The Morgan fingerprint density at radius 2 is 2.02 bits per heavy atom. The summed E-state index contributed by atoms with van der Waals surface area (Å²) in [6, 6.07) is 0.0880. The highest BCUT2D eigenvalue weighted by atomic mass is 35.5. The predicted octanol–water partition coefficient (Wildman–Crippen LogP) is 4.50. The fourth-order valence-corrected chi connectivity index (χ4v) is 11.1. The maximum Gasteiger partial charge on any atom is 0.308 e. The minimum absolute atomic E-state index is 0.00888. The van der Waals surface area contributed by atoms with Crippen molar-refractivity contribution < 1.29 is 23.4 Å². The van der Waals surface area contributed by atoms with Gasteiger partial charge < -0.3 is 15.2 Å². The summed E-state index contributed by atoms with van der Waals surface area (Å²) in [5.41, 5.74) is 1.52. The summed E-state index contributed by atoms with van der Waals surface area (Å²) >= 11 is 8.50. The van der Waals surface area contributed by atoms with E-state index in [0.717, 1.165) is 37.8 Å². The van der Waals surface area contributed by atoms with E-state index in [1.54, 1.807) is 16.3 Å². The van der Waals surface area contributed by atoms with Crippen molar-refractivity contribution in [1.29, 1.82) is 0 Å². The van der Waals surface area contributed by atoms with Gasteiger partial charge in [-0.1, -0.05) is 0 Å². The number of aryl methyl sites for hydroxylation is 2. The molecule has 12 heteroatoms. The number of carboxylic acid groups (broad SMARTS) is 1. The molecule has 2 N–H and O–H groups in total. The third-order valence-electron chi connectivity index (χ3n) is 11.3. The van der Waals surface area contributed by atoms with E-state index in [9.17, 15) is 23.5 Å². The molecule has 4 fully saturated rings. The van der Waals surface area contributed by atoms with E-state index >= 15 is 0 Å². The molecule has 2 aliphatic heterocycles. The van der Waals surface area contributed by atoms with Crippen LogP contribution in [0.25, 0.3) is 0 Å². The van der Waals surface area contributed by atoms with Crippen molar-refractivity contribution in [2.45, 2.75) is 131 Å². The van der Waals surface area contributed by atoms with Gasteiger partial charge in [-0.2, -0.15) is 11.8 Å². The lowest BCUT2D eigenvalue weighted by atomic mass is 9.70. The van der Waals surface area contributed by atoms with Crippen LogP contribution in [0.1, 0.15) is 75.4 Å². The number of piperidine rings is 1. The van der Waals surface area contributed by atoms with E-state index in [-0.39, 0.29) is 71.1 Å². The van der Waals surface area contributed by atoms with Crippen LogP contribution in [0.5, 0.6) is 0 Å². The average Bonchev–Trinajstić information content (AvgIpc) is 3.57. The van der Waals surface area contributed by atoms with Gasteiger partial charge in [0.25, 0.3) is 5.56 Å². The van der Waals surface area contributed by atoms with Gasteiger partial charge in [-0.05, 0) is 84.1 Å². The predicted molar refractivity (Wildman–Crippen MR) is 168 cm³/mol. The number of hydrogen-bond acceptors (Lipinski definition) is 7. The standard InChI is InChI=1S/C32H47ClF2N4O4S/c1-17-12-23(29-28(36-17)25(16-44-29)31(41)42)22-13-19(33)4-7-27(22)43-11-10-39-18(2)37-26-6-5-20(14-24(26)30(39)40)38(3)21-8-9-32(34,35)15-21/h17,19-23,25,27-29,36H,4-16H2,1-3H3,(H,41,42)/t17?,19?,20-,21?,22?,23?,25?,27?,28?,29?/m0/s1. The Morgan fingerprint density at radius 1 is 1.23 bits per heavy atom.